The lowest BCUT2D eigenvalue weighted by atomic mass is 10.0. The van der Waals surface area contributed by atoms with Gasteiger partial charge in [-0.05, 0) is 12.8 Å². The number of carboxylic acids is 1. The molecule has 0 amide bonds. The summed E-state index contributed by atoms with van der Waals surface area (Å²) in [4.78, 5) is 22.8. The summed E-state index contributed by atoms with van der Waals surface area (Å²) in [6.07, 6.45) is 20.4. The van der Waals surface area contributed by atoms with Crippen molar-refractivity contribution < 1.29 is 23.9 Å². The molecule has 0 fully saturated rings. The fourth-order valence-corrected chi connectivity index (χ4v) is 3.60. The van der Waals surface area contributed by atoms with Crippen molar-refractivity contribution in [3.63, 3.8) is 0 Å². The minimum Gasteiger partial charge on any atom is -0.550 e. The maximum Gasteiger partial charge on any atom is 0.330 e. The summed E-state index contributed by atoms with van der Waals surface area (Å²) < 4.78 is 5.82. The molecule has 0 N–H and O–H groups in total. The number of esters is 1. The fraction of sp³-hybridized carbons (Fsp3) is 0.840. The molecule has 0 aromatic carbocycles. The number of nitrogens with zero attached hydrogens (tertiary/aromatic N) is 1. The van der Waals surface area contributed by atoms with Gasteiger partial charge in [-0.1, -0.05) is 90.0 Å². The van der Waals surface area contributed by atoms with Crippen LogP contribution in [0, 0.1) is 0 Å². The lowest BCUT2D eigenvalue weighted by molar-refractivity contribution is -0.873. The van der Waals surface area contributed by atoms with Crippen molar-refractivity contribution in [3.8, 4) is 0 Å². The highest BCUT2D eigenvalue weighted by atomic mass is 16.5. The van der Waals surface area contributed by atoms with E-state index in [-0.39, 0.29) is 6.42 Å². The smallest absolute Gasteiger partial charge is 0.330 e. The number of rotatable bonds is 20. The molecule has 0 heterocycles. The van der Waals surface area contributed by atoms with E-state index in [9.17, 15) is 14.7 Å². The molecule has 0 aromatic rings. The van der Waals surface area contributed by atoms with Gasteiger partial charge in [0.1, 0.15) is 6.54 Å². The SMILES string of the molecule is CCCCCCCCCCCCCCCC=CC(=O)OC(CC(=O)[O-])C[N+](C)(C)C. The number of carbonyl (C=O) groups is 2. The number of unbranched alkanes of at least 4 members (excludes halogenated alkanes) is 13. The largest absolute Gasteiger partial charge is 0.550 e. The first-order valence-electron chi connectivity index (χ1n) is 12.1. The minimum atomic E-state index is -1.20. The first kappa shape index (κ1) is 28.6. The number of aliphatic carboxylic acids is 1. The Labute approximate surface area is 185 Å². The molecule has 0 aliphatic carbocycles. The number of ether oxygens (including phenoxy) is 1. The predicted molar refractivity (Wildman–Crippen MR) is 122 cm³/mol. The third-order valence-corrected chi connectivity index (χ3v) is 5.16. The van der Waals surface area contributed by atoms with Crippen LogP contribution in [0.1, 0.15) is 103 Å². The Bertz CT molecular complexity index is 468. The van der Waals surface area contributed by atoms with E-state index in [4.69, 9.17) is 4.74 Å². The van der Waals surface area contributed by atoms with E-state index in [0.29, 0.717) is 11.0 Å². The van der Waals surface area contributed by atoms with Crippen LogP contribution in [0.15, 0.2) is 12.2 Å². The Hall–Kier alpha value is -1.36. The summed E-state index contributed by atoms with van der Waals surface area (Å²) in [7, 11) is 5.79. The molecule has 0 saturated heterocycles. The molecule has 0 aliphatic heterocycles. The lowest BCUT2D eigenvalue weighted by Crippen LogP contribution is -2.45. The summed E-state index contributed by atoms with van der Waals surface area (Å²) in [6, 6.07) is 0. The topological polar surface area (TPSA) is 66.4 Å². The van der Waals surface area contributed by atoms with Gasteiger partial charge in [-0.25, -0.2) is 4.79 Å². The maximum absolute atomic E-state index is 11.9. The number of hydrogen-bond donors (Lipinski definition) is 0. The number of likely N-dealkylation sites (N-methyl/N-ethyl adjacent to an activating group) is 1. The Balaban J connectivity index is 3.68. The van der Waals surface area contributed by atoms with E-state index >= 15 is 0 Å². The number of quaternary nitrogens is 1. The van der Waals surface area contributed by atoms with Crippen molar-refractivity contribution in [2.45, 2.75) is 109 Å². The van der Waals surface area contributed by atoms with E-state index in [1.807, 2.05) is 27.2 Å². The average molecular weight is 426 g/mol. The number of carboxylic acid groups (broad SMARTS) is 1. The van der Waals surface area contributed by atoms with E-state index < -0.39 is 18.0 Å². The predicted octanol–water partition coefficient (Wildman–Crippen LogP) is 4.78. The first-order valence-corrected chi connectivity index (χ1v) is 12.1. The molecule has 176 valence electrons. The standard InChI is InChI=1S/C25H47NO4/c1-5-6-7-8-9-10-11-12-13-14-15-16-17-18-19-20-25(29)30-23(21-24(27)28)22-26(2,3)4/h19-20,23H,5-18,21-22H2,1-4H3. The zero-order chi connectivity index (χ0) is 22.7. The molecule has 0 radical (unpaired) electrons. The van der Waals surface area contributed by atoms with Crippen LogP contribution in [0.3, 0.4) is 0 Å². The zero-order valence-electron chi connectivity index (χ0n) is 20.1. The second-order valence-corrected chi connectivity index (χ2v) is 9.54. The van der Waals surface area contributed by atoms with Gasteiger partial charge in [0.05, 0.1) is 21.1 Å². The summed E-state index contributed by atoms with van der Waals surface area (Å²) >= 11 is 0. The van der Waals surface area contributed by atoms with Crippen molar-refractivity contribution in [2.24, 2.45) is 0 Å². The molecule has 30 heavy (non-hydrogen) atoms. The van der Waals surface area contributed by atoms with E-state index in [2.05, 4.69) is 6.92 Å². The molecule has 5 nitrogen and oxygen atoms in total. The van der Waals surface area contributed by atoms with Crippen LogP contribution in [0.4, 0.5) is 0 Å². The van der Waals surface area contributed by atoms with Gasteiger partial charge in [0.25, 0.3) is 0 Å². The van der Waals surface area contributed by atoms with Crippen molar-refractivity contribution in [1.29, 1.82) is 0 Å². The van der Waals surface area contributed by atoms with Crippen LogP contribution >= 0.6 is 0 Å². The van der Waals surface area contributed by atoms with Crippen molar-refractivity contribution in [3.05, 3.63) is 12.2 Å². The highest BCUT2D eigenvalue weighted by Gasteiger charge is 2.21. The third kappa shape index (κ3) is 21.4. The first-order chi connectivity index (χ1) is 14.2. The van der Waals surface area contributed by atoms with Gasteiger partial charge in [0.2, 0.25) is 0 Å². The van der Waals surface area contributed by atoms with Gasteiger partial charge in [0, 0.05) is 18.5 Å². The number of carbonyl (C=O) groups excluding carboxylic acids is 2. The molecule has 0 aliphatic rings. The Morgan fingerprint density at radius 3 is 1.73 bits per heavy atom. The summed E-state index contributed by atoms with van der Waals surface area (Å²) in [5, 5.41) is 10.9. The van der Waals surface area contributed by atoms with E-state index in [1.54, 1.807) is 0 Å². The lowest BCUT2D eigenvalue weighted by Gasteiger charge is -2.29. The highest BCUT2D eigenvalue weighted by Crippen LogP contribution is 2.13. The Morgan fingerprint density at radius 2 is 1.30 bits per heavy atom. The maximum atomic E-state index is 11.9. The van der Waals surface area contributed by atoms with Gasteiger partial charge in [-0.15, -0.1) is 0 Å². The Morgan fingerprint density at radius 1 is 0.833 bits per heavy atom. The monoisotopic (exact) mass is 425 g/mol. The minimum absolute atomic E-state index is 0.270. The molecular formula is C25H47NO4. The zero-order valence-corrected chi connectivity index (χ0v) is 20.1. The molecule has 5 heteroatoms. The number of allylic oxidation sites excluding steroid dienone is 1. The van der Waals surface area contributed by atoms with Crippen molar-refractivity contribution in [1.82, 2.24) is 0 Å². The van der Waals surface area contributed by atoms with Crippen LogP contribution in [-0.2, 0) is 14.3 Å². The van der Waals surface area contributed by atoms with Crippen LogP contribution in [0.2, 0.25) is 0 Å². The quantitative estimate of drug-likeness (QED) is 0.122. The second kappa shape index (κ2) is 18.4. The molecule has 0 bridgehead atoms. The van der Waals surface area contributed by atoms with Crippen LogP contribution in [-0.4, -0.2) is 50.2 Å². The Kier molecular flexibility index (Phi) is 17.6. The average Bonchev–Trinajstić information content (AvgIpc) is 2.63. The van der Waals surface area contributed by atoms with E-state index in [0.717, 1.165) is 12.8 Å². The highest BCUT2D eigenvalue weighted by molar-refractivity contribution is 5.82. The normalized spacial score (nSPS) is 12.9. The molecule has 0 spiro atoms. The van der Waals surface area contributed by atoms with Gasteiger partial charge < -0.3 is 19.1 Å². The summed E-state index contributed by atoms with van der Waals surface area (Å²) in [6.45, 7) is 2.70. The van der Waals surface area contributed by atoms with Crippen LogP contribution in [0.25, 0.3) is 0 Å². The van der Waals surface area contributed by atoms with Crippen molar-refractivity contribution >= 4 is 11.9 Å². The molecule has 0 aromatic heterocycles. The molecule has 1 atom stereocenters. The molecular weight excluding hydrogens is 378 g/mol. The van der Waals surface area contributed by atoms with E-state index in [1.165, 1.54) is 83.1 Å². The molecule has 1 unspecified atom stereocenters. The van der Waals surface area contributed by atoms with Gasteiger partial charge >= 0.3 is 5.97 Å². The van der Waals surface area contributed by atoms with Crippen LogP contribution in [0.5, 0.6) is 0 Å². The third-order valence-electron chi connectivity index (χ3n) is 5.16. The second-order valence-electron chi connectivity index (χ2n) is 9.54. The van der Waals surface area contributed by atoms with Crippen molar-refractivity contribution in [2.75, 3.05) is 27.7 Å². The van der Waals surface area contributed by atoms with Gasteiger partial charge in [-0.3, -0.25) is 0 Å². The number of hydrogen-bond acceptors (Lipinski definition) is 4. The van der Waals surface area contributed by atoms with Gasteiger partial charge in [0.15, 0.2) is 6.10 Å². The molecule has 0 saturated carbocycles. The van der Waals surface area contributed by atoms with Crippen LogP contribution < -0.4 is 5.11 Å². The fourth-order valence-electron chi connectivity index (χ4n) is 3.60. The molecule has 0 rings (SSSR count). The summed E-state index contributed by atoms with van der Waals surface area (Å²) in [5.74, 6) is -1.67. The van der Waals surface area contributed by atoms with Gasteiger partial charge in [-0.2, -0.15) is 0 Å². The summed E-state index contributed by atoms with van der Waals surface area (Å²) in [5.41, 5.74) is 0.